The van der Waals surface area contributed by atoms with Crippen LogP contribution in [0.1, 0.15) is 50.5 Å². The van der Waals surface area contributed by atoms with Crippen molar-refractivity contribution in [2.75, 3.05) is 18.4 Å². The lowest BCUT2D eigenvalue weighted by Gasteiger charge is -2.24. The monoisotopic (exact) mass is 355 g/mol. The molecule has 5 heteroatoms. The van der Waals surface area contributed by atoms with E-state index in [1.165, 1.54) is 44.1 Å². The van der Waals surface area contributed by atoms with Gasteiger partial charge in [-0.25, -0.2) is 4.79 Å². The molecule has 1 saturated carbocycles. The molecule has 0 saturated heterocycles. The second-order valence-electron chi connectivity index (χ2n) is 7.52. The minimum atomic E-state index is -0.371. The number of hydrogen-bond acceptors (Lipinski definition) is 2. The minimum Gasteiger partial charge on any atom is -0.369 e. The molecule has 3 amide bonds. The number of anilines is 1. The molecule has 0 bridgehead atoms. The Balaban J connectivity index is 1.59. The van der Waals surface area contributed by atoms with Crippen molar-refractivity contribution in [1.82, 2.24) is 4.90 Å². The smallest absolute Gasteiger partial charge is 0.321 e. The zero-order valence-electron chi connectivity index (χ0n) is 15.4. The van der Waals surface area contributed by atoms with Crippen molar-refractivity contribution in [3.05, 3.63) is 41.5 Å². The van der Waals surface area contributed by atoms with Crippen molar-refractivity contribution in [3.63, 3.8) is 0 Å². The van der Waals surface area contributed by atoms with Crippen LogP contribution < -0.4 is 11.1 Å². The van der Waals surface area contributed by atoms with Gasteiger partial charge in [-0.05, 0) is 68.6 Å². The average molecular weight is 355 g/mol. The molecule has 2 aliphatic rings. The molecule has 26 heavy (non-hydrogen) atoms. The number of nitrogens with two attached hydrogens (primary N) is 1. The lowest BCUT2D eigenvalue weighted by Crippen LogP contribution is -2.37. The summed E-state index contributed by atoms with van der Waals surface area (Å²) < 4.78 is 0. The molecular formula is C21H29N3O2. The number of allylic oxidation sites excluding steroid dienone is 1. The second kappa shape index (κ2) is 8.88. The van der Waals surface area contributed by atoms with Crippen molar-refractivity contribution in [2.45, 2.75) is 51.4 Å². The molecule has 2 aliphatic carbocycles. The Morgan fingerprint density at radius 3 is 2.77 bits per heavy atom. The third-order valence-electron chi connectivity index (χ3n) is 5.11. The first-order valence-electron chi connectivity index (χ1n) is 9.71. The molecule has 3 rings (SSSR count). The summed E-state index contributed by atoms with van der Waals surface area (Å²) in [6.45, 7) is 1.61. The highest BCUT2D eigenvalue weighted by atomic mass is 16.2. The van der Waals surface area contributed by atoms with Gasteiger partial charge in [0.25, 0.3) is 0 Å². The number of rotatable bonds is 8. The van der Waals surface area contributed by atoms with Gasteiger partial charge in [0.2, 0.25) is 5.91 Å². The average Bonchev–Trinajstić information content (AvgIpc) is 3.43. The number of primary amides is 1. The molecule has 0 aliphatic heterocycles. The van der Waals surface area contributed by atoms with Crippen LogP contribution in [0.3, 0.4) is 0 Å². The summed E-state index contributed by atoms with van der Waals surface area (Å²) in [6.07, 6.45) is 10.9. The van der Waals surface area contributed by atoms with E-state index in [4.69, 9.17) is 5.73 Å². The first kappa shape index (κ1) is 18.5. The van der Waals surface area contributed by atoms with E-state index in [0.29, 0.717) is 11.6 Å². The van der Waals surface area contributed by atoms with Gasteiger partial charge in [0.1, 0.15) is 0 Å². The Labute approximate surface area is 155 Å². The standard InChI is InChI=1S/C21H29N3O2/c22-20(25)14-18-7-4-8-19(13-18)23-21(26)24(15-17-9-10-17)12-11-16-5-2-1-3-6-16/h4-5,7-8,13,17H,1-3,6,9-12,14-15H2,(H2,22,25)(H,23,26). The Hall–Kier alpha value is -2.30. The molecule has 0 aromatic heterocycles. The zero-order valence-corrected chi connectivity index (χ0v) is 15.4. The highest BCUT2D eigenvalue weighted by molar-refractivity contribution is 5.89. The number of carbonyl (C=O) groups excluding carboxylic acids is 2. The summed E-state index contributed by atoms with van der Waals surface area (Å²) in [6, 6.07) is 7.30. The summed E-state index contributed by atoms with van der Waals surface area (Å²) in [7, 11) is 0. The van der Waals surface area contributed by atoms with Gasteiger partial charge >= 0.3 is 6.03 Å². The van der Waals surface area contributed by atoms with Crippen LogP contribution in [0.25, 0.3) is 0 Å². The molecule has 1 fully saturated rings. The highest BCUT2D eigenvalue weighted by Crippen LogP contribution is 2.30. The fourth-order valence-electron chi connectivity index (χ4n) is 3.46. The van der Waals surface area contributed by atoms with Gasteiger partial charge < -0.3 is 16.0 Å². The van der Waals surface area contributed by atoms with Crippen LogP contribution in [-0.2, 0) is 11.2 Å². The topological polar surface area (TPSA) is 75.4 Å². The molecule has 1 aromatic rings. The summed E-state index contributed by atoms with van der Waals surface area (Å²) in [5, 5.41) is 2.99. The van der Waals surface area contributed by atoms with E-state index in [2.05, 4.69) is 11.4 Å². The van der Waals surface area contributed by atoms with Gasteiger partial charge in [-0.2, -0.15) is 0 Å². The van der Waals surface area contributed by atoms with E-state index in [1.807, 2.05) is 29.2 Å². The molecule has 140 valence electrons. The molecular weight excluding hydrogens is 326 g/mol. The lowest BCUT2D eigenvalue weighted by atomic mass is 9.97. The van der Waals surface area contributed by atoms with Crippen molar-refractivity contribution >= 4 is 17.6 Å². The van der Waals surface area contributed by atoms with E-state index in [1.54, 1.807) is 0 Å². The maximum atomic E-state index is 12.8. The maximum absolute atomic E-state index is 12.8. The largest absolute Gasteiger partial charge is 0.369 e. The van der Waals surface area contributed by atoms with Crippen LogP contribution in [-0.4, -0.2) is 29.9 Å². The van der Waals surface area contributed by atoms with Gasteiger partial charge in [-0.1, -0.05) is 23.8 Å². The van der Waals surface area contributed by atoms with Gasteiger partial charge in [-0.15, -0.1) is 0 Å². The van der Waals surface area contributed by atoms with Crippen LogP contribution in [0, 0.1) is 5.92 Å². The number of benzene rings is 1. The fourth-order valence-corrected chi connectivity index (χ4v) is 3.46. The Bertz CT molecular complexity index is 680. The van der Waals surface area contributed by atoms with Gasteiger partial charge in [0.05, 0.1) is 6.42 Å². The third kappa shape index (κ3) is 5.90. The van der Waals surface area contributed by atoms with Crippen LogP contribution in [0.15, 0.2) is 35.9 Å². The first-order chi connectivity index (χ1) is 12.6. The Morgan fingerprint density at radius 1 is 1.23 bits per heavy atom. The zero-order chi connectivity index (χ0) is 18.4. The molecule has 0 atom stereocenters. The SMILES string of the molecule is NC(=O)Cc1cccc(NC(=O)N(CCC2=CCCCC2)CC2CC2)c1. The van der Waals surface area contributed by atoms with Crippen molar-refractivity contribution in [1.29, 1.82) is 0 Å². The maximum Gasteiger partial charge on any atom is 0.321 e. The van der Waals surface area contributed by atoms with Crippen LogP contribution >= 0.6 is 0 Å². The molecule has 0 spiro atoms. The number of hydrogen-bond donors (Lipinski definition) is 2. The Kier molecular flexibility index (Phi) is 6.31. The number of nitrogens with one attached hydrogen (secondary N) is 1. The summed E-state index contributed by atoms with van der Waals surface area (Å²) >= 11 is 0. The quantitative estimate of drug-likeness (QED) is 0.695. The van der Waals surface area contributed by atoms with E-state index in [9.17, 15) is 9.59 Å². The van der Waals surface area contributed by atoms with Crippen molar-refractivity contribution < 1.29 is 9.59 Å². The Morgan fingerprint density at radius 2 is 2.08 bits per heavy atom. The van der Waals surface area contributed by atoms with Crippen molar-refractivity contribution in [2.24, 2.45) is 11.7 Å². The fraction of sp³-hybridized carbons (Fsp3) is 0.524. The van der Waals surface area contributed by atoms with Gasteiger partial charge in [0.15, 0.2) is 0 Å². The number of carbonyl (C=O) groups is 2. The van der Waals surface area contributed by atoms with Gasteiger partial charge in [0, 0.05) is 18.8 Å². The van der Waals surface area contributed by atoms with Crippen LogP contribution in [0.2, 0.25) is 0 Å². The van der Waals surface area contributed by atoms with E-state index in [0.717, 1.165) is 25.1 Å². The molecule has 5 nitrogen and oxygen atoms in total. The third-order valence-corrected chi connectivity index (χ3v) is 5.11. The number of nitrogens with zero attached hydrogens (tertiary/aromatic N) is 1. The van der Waals surface area contributed by atoms with Crippen LogP contribution in [0.5, 0.6) is 0 Å². The molecule has 3 N–H and O–H groups in total. The lowest BCUT2D eigenvalue weighted by molar-refractivity contribution is -0.117. The first-order valence-corrected chi connectivity index (χ1v) is 9.71. The number of urea groups is 1. The predicted octanol–water partition coefficient (Wildman–Crippen LogP) is 3.85. The van der Waals surface area contributed by atoms with Crippen molar-refractivity contribution in [3.8, 4) is 0 Å². The molecule has 1 aromatic carbocycles. The minimum absolute atomic E-state index is 0.0514. The summed E-state index contributed by atoms with van der Waals surface area (Å²) in [4.78, 5) is 25.8. The number of amides is 3. The molecule has 0 radical (unpaired) electrons. The van der Waals surface area contributed by atoms with E-state index < -0.39 is 0 Å². The molecule has 0 heterocycles. The van der Waals surface area contributed by atoms with E-state index >= 15 is 0 Å². The second-order valence-corrected chi connectivity index (χ2v) is 7.52. The summed E-state index contributed by atoms with van der Waals surface area (Å²) in [5.74, 6) is 0.284. The summed E-state index contributed by atoms with van der Waals surface area (Å²) in [5.41, 5.74) is 8.28. The highest BCUT2D eigenvalue weighted by Gasteiger charge is 2.27. The predicted molar refractivity (Wildman–Crippen MR) is 104 cm³/mol. The van der Waals surface area contributed by atoms with E-state index in [-0.39, 0.29) is 18.4 Å². The normalized spacial score (nSPS) is 16.7. The van der Waals surface area contributed by atoms with Crippen LogP contribution in [0.4, 0.5) is 10.5 Å². The molecule has 0 unspecified atom stereocenters. The van der Waals surface area contributed by atoms with Gasteiger partial charge in [-0.3, -0.25) is 4.79 Å².